The Labute approximate surface area is 213 Å². The number of hydrogen-bond donors (Lipinski definition) is 3. The monoisotopic (exact) mass is 520 g/mol. The summed E-state index contributed by atoms with van der Waals surface area (Å²) in [7, 11) is -3.69. The summed E-state index contributed by atoms with van der Waals surface area (Å²) in [5, 5.41) is 3.21. The van der Waals surface area contributed by atoms with Crippen molar-refractivity contribution < 1.29 is 13.2 Å². The Bertz CT molecular complexity index is 1520. The average molecular weight is 521 g/mol. The summed E-state index contributed by atoms with van der Waals surface area (Å²) in [6, 6.07) is 17.2. The van der Waals surface area contributed by atoms with Gasteiger partial charge in [-0.25, -0.2) is 18.4 Å². The summed E-state index contributed by atoms with van der Waals surface area (Å²) in [5.74, 6) is 0.428. The highest BCUT2D eigenvalue weighted by atomic mass is 32.2. The third kappa shape index (κ3) is 5.02. The first-order valence-corrected chi connectivity index (χ1v) is 13.5. The lowest BCUT2D eigenvalue weighted by atomic mass is 10.2. The van der Waals surface area contributed by atoms with Gasteiger partial charge in [0.1, 0.15) is 5.82 Å². The molecule has 0 fully saturated rings. The SMILES string of the molecule is Cc1ccc(S(=O)(=O)Nc2ccc(N3CCc4nc(C(=O)Nc5ccccc5N)sc4C3)nc2)cc1. The van der Waals surface area contributed by atoms with Gasteiger partial charge in [0.05, 0.1) is 40.4 Å². The number of nitrogen functional groups attached to an aromatic ring is 1. The molecule has 184 valence electrons. The predicted molar refractivity (Wildman–Crippen MR) is 142 cm³/mol. The largest absolute Gasteiger partial charge is 0.397 e. The number of nitrogens with one attached hydrogen (secondary N) is 2. The van der Waals surface area contributed by atoms with E-state index in [1.807, 2.05) is 13.0 Å². The minimum atomic E-state index is -3.69. The number of fused-ring (bicyclic) bond motifs is 1. The fourth-order valence-corrected chi connectivity index (χ4v) is 5.90. The number of benzene rings is 2. The van der Waals surface area contributed by atoms with Gasteiger partial charge >= 0.3 is 0 Å². The number of anilines is 4. The van der Waals surface area contributed by atoms with Crippen LogP contribution in [0.25, 0.3) is 0 Å². The molecule has 0 saturated heterocycles. The van der Waals surface area contributed by atoms with Crippen LogP contribution in [-0.4, -0.2) is 30.8 Å². The third-order valence-electron chi connectivity index (χ3n) is 5.79. The molecule has 0 radical (unpaired) electrons. The minimum Gasteiger partial charge on any atom is -0.397 e. The number of thiazole rings is 1. The van der Waals surface area contributed by atoms with Crippen LogP contribution in [-0.2, 0) is 23.0 Å². The summed E-state index contributed by atoms with van der Waals surface area (Å²) in [6.45, 7) is 3.15. The summed E-state index contributed by atoms with van der Waals surface area (Å²) in [5.41, 5.74) is 9.25. The van der Waals surface area contributed by atoms with E-state index < -0.39 is 10.0 Å². The summed E-state index contributed by atoms with van der Waals surface area (Å²) < 4.78 is 27.8. The zero-order valence-electron chi connectivity index (χ0n) is 19.4. The lowest BCUT2D eigenvalue weighted by Gasteiger charge is -2.27. The lowest BCUT2D eigenvalue weighted by molar-refractivity contribution is 0.102. The van der Waals surface area contributed by atoms with E-state index in [0.717, 1.165) is 22.0 Å². The van der Waals surface area contributed by atoms with Gasteiger partial charge in [-0.3, -0.25) is 9.52 Å². The van der Waals surface area contributed by atoms with Crippen LogP contribution in [0.5, 0.6) is 0 Å². The van der Waals surface area contributed by atoms with Gasteiger partial charge in [0.15, 0.2) is 5.01 Å². The quantitative estimate of drug-likeness (QED) is 0.327. The van der Waals surface area contributed by atoms with E-state index in [1.165, 1.54) is 17.5 Å². The van der Waals surface area contributed by atoms with Crippen molar-refractivity contribution in [1.29, 1.82) is 0 Å². The number of rotatable bonds is 6. The van der Waals surface area contributed by atoms with Gasteiger partial charge in [0.25, 0.3) is 15.9 Å². The maximum Gasteiger partial charge on any atom is 0.284 e. The Balaban J connectivity index is 1.26. The molecule has 1 amide bonds. The molecule has 1 aliphatic rings. The van der Waals surface area contributed by atoms with Crippen LogP contribution in [0, 0.1) is 6.92 Å². The molecular formula is C25H24N6O3S2. The number of amides is 1. The molecule has 2 aromatic heterocycles. The first-order valence-electron chi connectivity index (χ1n) is 11.2. The standard InChI is InChI=1S/C25H24N6O3S2/c1-16-6-9-18(10-7-16)36(33,34)30-17-8-11-23(27-14-17)31-13-12-21-22(15-31)35-25(29-21)24(32)28-20-5-3-2-4-19(20)26/h2-11,14,30H,12-13,15,26H2,1H3,(H,28,32). The molecule has 3 heterocycles. The van der Waals surface area contributed by atoms with Gasteiger partial charge in [-0.05, 0) is 43.3 Å². The molecule has 0 saturated carbocycles. The topological polar surface area (TPSA) is 130 Å². The molecule has 11 heteroatoms. The first kappa shape index (κ1) is 23.8. The fourth-order valence-electron chi connectivity index (χ4n) is 3.84. The van der Waals surface area contributed by atoms with E-state index in [1.54, 1.807) is 54.6 Å². The van der Waals surface area contributed by atoms with Crippen molar-refractivity contribution in [3.63, 3.8) is 0 Å². The van der Waals surface area contributed by atoms with Crippen molar-refractivity contribution in [3.8, 4) is 0 Å². The fraction of sp³-hybridized carbons (Fsp3) is 0.160. The number of sulfonamides is 1. The van der Waals surface area contributed by atoms with Crippen LogP contribution in [0.15, 0.2) is 71.8 Å². The molecule has 4 aromatic rings. The molecule has 0 atom stereocenters. The van der Waals surface area contributed by atoms with E-state index in [0.29, 0.717) is 41.6 Å². The number of nitrogens with zero attached hydrogens (tertiary/aromatic N) is 3. The second kappa shape index (κ2) is 9.59. The molecule has 1 aliphatic heterocycles. The van der Waals surface area contributed by atoms with E-state index in [-0.39, 0.29) is 10.8 Å². The van der Waals surface area contributed by atoms with Crippen LogP contribution in [0.1, 0.15) is 25.9 Å². The van der Waals surface area contributed by atoms with Crippen LogP contribution in [0.2, 0.25) is 0 Å². The summed E-state index contributed by atoms with van der Waals surface area (Å²) in [6.07, 6.45) is 2.18. The molecule has 0 spiro atoms. The van der Waals surface area contributed by atoms with Gasteiger partial charge < -0.3 is 16.0 Å². The number of pyridine rings is 1. The summed E-state index contributed by atoms with van der Waals surface area (Å²) >= 11 is 1.35. The van der Waals surface area contributed by atoms with Crippen LogP contribution < -0.4 is 20.7 Å². The molecule has 4 N–H and O–H groups in total. The van der Waals surface area contributed by atoms with Crippen LogP contribution >= 0.6 is 11.3 Å². The van der Waals surface area contributed by atoms with Crippen molar-refractivity contribution >= 4 is 50.1 Å². The number of para-hydroxylation sites is 2. The Hall–Kier alpha value is -3.96. The highest BCUT2D eigenvalue weighted by Crippen LogP contribution is 2.29. The molecule has 0 unspecified atom stereocenters. The molecule has 36 heavy (non-hydrogen) atoms. The van der Waals surface area contributed by atoms with E-state index in [4.69, 9.17) is 5.73 Å². The molecule has 5 rings (SSSR count). The Kier molecular flexibility index (Phi) is 6.33. The highest BCUT2D eigenvalue weighted by Gasteiger charge is 2.24. The average Bonchev–Trinajstić information content (AvgIpc) is 3.30. The van der Waals surface area contributed by atoms with E-state index in [2.05, 4.69) is 24.9 Å². The van der Waals surface area contributed by atoms with Gasteiger partial charge in [0, 0.05) is 17.8 Å². The van der Waals surface area contributed by atoms with Crippen molar-refractivity contribution in [3.05, 3.63) is 88.0 Å². The highest BCUT2D eigenvalue weighted by molar-refractivity contribution is 7.92. The van der Waals surface area contributed by atoms with Crippen molar-refractivity contribution in [2.45, 2.75) is 24.8 Å². The number of carbonyl (C=O) groups is 1. The van der Waals surface area contributed by atoms with E-state index in [9.17, 15) is 13.2 Å². The number of nitrogens with two attached hydrogens (primary N) is 1. The normalized spacial score (nSPS) is 13.2. The molecule has 0 aliphatic carbocycles. The maximum absolute atomic E-state index is 12.7. The number of aryl methyl sites for hydroxylation is 1. The molecule has 2 aromatic carbocycles. The van der Waals surface area contributed by atoms with Crippen LogP contribution in [0.3, 0.4) is 0 Å². The first-order chi connectivity index (χ1) is 17.3. The molecular weight excluding hydrogens is 496 g/mol. The van der Waals surface area contributed by atoms with Crippen molar-refractivity contribution in [2.75, 3.05) is 27.2 Å². The zero-order valence-corrected chi connectivity index (χ0v) is 21.1. The third-order valence-corrected chi connectivity index (χ3v) is 8.27. The number of carbonyl (C=O) groups excluding carboxylic acids is 1. The van der Waals surface area contributed by atoms with Gasteiger partial charge in [-0.2, -0.15) is 0 Å². The Morgan fingerprint density at radius 3 is 2.58 bits per heavy atom. The van der Waals surface area contributed by atoms with Gasteiger partial charge in [0.2, 0.25) is 0 Å². The number of hydrogen-bond acceptors (Lipinski definition) is 8. The van der Waals surface area contributed by atoms with E-state index >= 15 is 0 Å². The second-order valence-electron chi connectivity index (χ2n) is 8.43. The van der Waals surface area contributed by atoms with Crippen LogP contribution in [0.4, 0.5) is 22.9 Å². The lowest BCUT2D eigenvalue weighted by Crippen LogP contribution is -2.30. The number of aromatic nitrogens is 2. The van der Waals surface area contributed by atoms with Crippen molar-refractivity contribution in [1.82, 2.24) is 9.97 Å². The zero-order chi connectivity index (χ0) is 25.3. The maximum atomic E-state index is 12.7. The second-order valence-corrected chi connectivity index (χ2v) is 11.2. The summed E-state index contributed by atoms with van der Waals surface area (Å²) in [4.78, 5) is 25.0. The predicted octanol–water partition coefficient (Wildman–Crippen LogP) is 4.04. The van der Waals surface area contributed by atoms with Gasteiger partial charge in [-0.15, -0.1) is 11.3 Å². The van der Waals surface area contributed by atoms with Crippen molar-refractivity contribution in [2.24, 2.45) is 0 Å². The smallest absolute Gasteiger partial charge is 0.284 e. The van der Waals surface area contributed by atoms with Gasteiger partial charge in [-0.1, -0.05) is 29.8 Å². The Morgan fingerprint density at radius 2 is 1.86 bits per heavy atom. The molecule has 0 bridgehead atoms. The minimum absolute atomic E-state index is 0.195. The Morgan fingerprint density at radius 1 is 1.08 bits per heavy atom. The molecule has 9 nitrogen and oxygen atoms in total.